The molecule has 2 rings (SSSR count). The fourth-order valence-corrected chi connectivity index (χ4v) is 2.98. The van der Waals surface area contributed by atoms with Crippen molar-refractivity contribution >= 4 is 0 Å². The monoisotopic (exact) mass is 255 g/mol. The van der Waals surface area contributed by atoms with Gasteiger partial charge in [-0.1, -0.05) is 6.92 Å². The summed E-state index contributed by atoms with van der Waals surface area (Å²) < 4.78 is 5.55. The topological polar surface area (TPSA) is 41.7 Å². The van der Waals surface area contributed by atoms with Gasteiger partial charge < -0.3 is 15.4 Å². The van der Waals surface area contributed by atoms with Crippen molar-refractivity contribution in [2.75, 3.05) is 45.9 Å². The fourth-order valence-electron chi connectivity index (χ4n) is 2.98. The predicted molar refractivity (Wildman–Crippen MR) is 74.7 cm³/mol. The van der Waals surface area contributed by atoms with Crippen LogP contribution in [0.15, 0.2) is 0 Å². The van der Waals surface area contributed by atoms with Crippen molar-refractivity contribution in [2.45, 2.75) is 38.8 Å². The van der Waals surface area contributed by atoms with Gasteiger partial charge in [0, 0.05) is 57.3 Å². The molecule has 0 radical (unpaired) electrons. The molecule has 3 atom stereocenters. The third-order valence-corrected chi connectivity index (χ3v) is 4.65. The second-order valence-corrected chi connectivity index (χ2v) is 5.88. The van der Waals surface area contributed by atoms with Gasteiger partial charge in [0.05, 0.1) is 6.61 Å². The average molecular weight is 255 g/mol. The normalized spacial score (nSPS) is 33.5. The molecule has 0 spiro atoms. The molecule has 4 nitrogen and oxygen atoms in total. The molecule has 0 saturated carbocycles. The first kappa shape index (κ1) is 14.3. The Bertz CT molecular complexity index is 241. The van der Waals surface area contributed by atoms with Gasteiger partial charge in [0.15, 0.2) is 0 Å². The first-order chi connectivity index (χ1) is 8.70. The van der Waals surface area contributed by atoms with Gasteiger partial charge in [-0.3, -0.25) is 4.90 Å². The van der Waals surface area contributed by atoms with Crippen LogP contribution < -0.4 is 5.73 Å². The van der Waals surface area contributed by atoms with Crippen molar-refractivity contribution in [1.82, 2.24) is 9.80 Å². The van der Waals surface area contributed by atoms with Crippen LogP contribution >= 0.6 is 0 Å². The van der Waals surface area contributed by atoms with Crippen molar-refractivity contribution < 1.29 is 4.74 Å². The highest BCUT2D eigenvalue weighted by Gasteiger charge is 2.27. The molecule has 0 aromatic carbocycles. The molecule has 0 bridgehead atoms. The number of rotatable bonds is 4. The van der Waals surface area contributed by atoms with Crippen molar-refractivity contribution in [3.63, 3.8) is 0 Å². The Labute approximate surface area is 111 Å². The molecule has 3 unspecified atom stereocenters. The lowest BCUT2D eigenvalue weighted by Gasteiger charge is -2.40. The maximum atomic E-state index is 6.18. The summed E-state index contributed by atoms with van der Waals surface area (Å²) >= 11 is 0. The Morgan fingerprint density at radius 3 is 2.61 bits per heavy atom. The van der Waals surface area contributed by atoms with Crippen LogP contribution in [0.25, 0.3) is 0 Å². The third kappa shape index (κ3) is 3.67. The van der Waals surface area contributed by atoms with Crippen LogP contribution in [-0.4, -0.2) is 67.8 Å². The van der Waals surface area contributed by atoms with Gasteiger partial charge in [0.2, 0.25) is 0 Å². The number of ether oxygens (including phenoxy) is 1. The third-order valence-electron chi connectivity index (χ3n) is 4.65. The molecule has 2 aliphatic heterocycles. The molecule has 2 saturated heterocycles. The highest BCUT2D eigenvalue weighted by molar-refractivity contribution is 4.82. The number of piperazine rings is 1. The van der Waals surface area contributed by atoms with E-state index in [-0.39, 0.29) is 0 Å². The van der Waals surface area contributed by atoms with Crippen molar-refractivity contribution in [2.24, 2.45) is 11.7 Å². The second-order valence-electron chi connectivity index (χ2n) is 5.88. The molecule has 0 aromatic rings. The Kier molecular flexibility index (Phi) is 5.42. The SMILES string of the molecule is CCC(C)N1CCN(CC2COCCC2N)CC1. The summed E-state index contributed by atoms with van der Waals surface area (Å²) in [5.41, 5.74) is 6.18. The van der Waals surface area contributed by atoms with Gasteiger partial charge in [0.25, 0.3) is 0 Å². The summed E-state index contributed by atoms with van der Waals surface area (Å²) in [6.45, 7) is 12.2. The molecule has 2 aliphatic rings. The Hall–Kier alpha value is -0.160. The van der Waals surface area contributed by atoms with E-state index in [0.717, 1.165) is 32.2 Å². The van der Waals surface area contributed by atoms with Crippen LogP contribution in [0.3, 0.4) is 0 Å². The molecule has 0 aromatic heterocycles. The first-order valence-corrected chi connectivity index (χ1v) is 7.50. The van der Waals surface area contributed by atoms with Crippen LogP contribution in [-0.2, 0) is 4.74 Å². The van der Waals surface area contributed by atoms with E-state index < -0.39 is 0 Å². The van der Waals surface area contributed by atoms with Gasteiger partial charge in [-0.15, -0.1) is 0 Å². The molecule has 2 fully saturated rings. The zero-order valence-corrected chi connectivity index (χ0v) is 12.0. The van der Waals surface area contributed by atoms with E-state index >= 15 is 0 Å². The molecular weight excluding hydrogens is 226 g/mol. The summed E-state index contributed by atoms with van der Waals surface area (Å²) in [7, 11) is 0. The molecule has 2 N–H and O–H groups in total. The Balaban J connectivity index is 1.72. The molecule has 2 heterocycles. The number of hydrogen-bond donors (Lipinski definition) is 1. The lowest BCUT2D eigenvalue weighted by molar-refractivity contribution is 0.0141. The van der Waals surface area contributed by atoms with E-state index in [4.69, 9.17) is 10.5 Å². The highest BCUT2D eigenvalue weighted by Crippen LogP contribution is 2.16. The minimum absolute atomic E-state index is 0.339. The summed E-state index contributed by atoms with van der Waals surface area (Å²) in [4.78, 5) is 5.17. The summed E-state index contributed by atoms with van der Waals surface area (Å²) in [5, 5.41) is 0. The Morgan fingerprint density at radius 2 is 2.00 bits per heavy atom. The molecule has 0 aliphatic carbocycles. The van der Waals surface area contributed by atoms with Crippen molar-refractivity contribution in [3.05, 3.63) is 0 Å². The highest BCUT2D eigenvalue weighted by atomic mass is 16.5. The maximum Gasteiger partial charge on any atom is 0.0521 e. The lowest BCUT2D eigenvalue weighted by Crippen LogP contribution is -2.53. The minimum atomic E-state index is 0.339. The smallest absolute Gasteiger partial charge is 0.0521 e. The van der Waals surface area contributed by atoms with Gasteiger partial charge >= 0.3 is 0 Å². The summed E-state index contributed by atoms with van der Waals surface area (Å²) in [6, 6.07) is 1.07. The number of hydrogen-bond acceptors (Lipinski definition) is 4. The van der Waals surface area contributed by atoms with E-state index in [9.17, 15) is 0 Å². The molecule has 18 heavy (non-hydrogen) atoms. The lowest BCUT2D eigenvalue weighted by atomic mass is 9.96. The molecule has 4 heteroatoms. The zero-order valence-electron chi connectivity index (χ0n) is 12.0. The van der Waals surface area contributed by atoms with E-state index in [1.165, 1.54) is 32.6 Å². The van der Waals surface area contributed by atoms with E-state index in [2.05, 4.69) is 23.6 Å². The van der Waals surface area contributed by atoms with Crippen molar-refractivity contribution in [1.29, 1.82) is 0 Å². The average Bonchev–Trinajstić information content (AvgIpc) is 2.41. The molecule has 106 valence electrons. The van der Waals surface area contributed by atoms with E-state index in [1.54, 1.807) is 0 Å². The zero-order chi connectivity index (χ0) is 13.0. The van der Waals surface area contributed by atoms with Crippen LogP contribution in [0, 0.1) is 5.92 Å². The molecule has 0 amide bonds. The van der Waals surface area contributed by atoms with Crippen LogP contribution in [0.1, 0.15) is 26.7 Å². The fraction of sp³-hybridized carbons (Fsp3) is 1.00. The number of nitrogens with zero attached hydrogens (tertiary/aromatic N) is 2. The maximum absolute atomic E-state index is 6.18. The molecular formula is C14H29N3O. The van der Waals surface area contributed by atoms with Crippen LogP contribution in [0.4, 0.5) is 0 Å². The van der Waals surface area contributed by atoms with Gasteiger partial charge in [-0.25, -0.2) is 0 Å². The van der Waals surface area contributed by atoms with Gasteiger partial charge in [0.1, 0.15) is 0 Å². The predicted octanol–water partition coefficient (Wildman–Crippen LogP) is 0.766. The van der Waals surface area contributed by atoms with Crippen LogP contribution in [0.2, 0.25) is 0 Å². The van der Waals surface area contributed by atoms with Crippen molar-refractivity contribution in [3.8, 4) is 0 Å². The van der Waals surface area contributed by atoms with Crippen LogP contribution in [0.5, 0.6) is 0 Å². The minimum Gasteiger partial charge on any atom is -0.381 e. The Morgan fingerprint density at radius 1 is 1.28 bits per heavy atom. The van der Waals surface area contributed by atoms with Gasteiger partial charge in [-0.2, -0.15) is 0 Å². The number of nitrogens with two attached hydrogens (primary N) is 1. The standard InChI is InChI=1S/C14H29N3O/c1-3-12(2)17-7-5-16(6-8-17)10-13-11-18-9-4-14(13)15/h12-14H,3-11,15H2,1-2H3. The van der Waals surface area contributed by atoms with E-state index in [0.29, 0.717) is 12.0 Å². The largest absolute Gasteiger partial charge is 0.381 e. The summed E-state index contributed by atoms with van der Waals surface area (Å²) in [6.07, 6.45) is 2.28. The second kappa shape index (κ2) is 6.85. The summed E-state index contributed by atoms with van der Waals surface area (Å²) in [5.74, 6) is 0.536. The van der Waals surface area contributed by atoms with Gasteiger partial charge in [-0.05, 0) is 19.8 Å². The quantitative estimate of drug-likeness (QED) is 0.805. The van der Waals surface area contributed by atoms with E-state index in [1.807, 2.05) is 0 Å². The first-order valence-electron chi connectivity index (χ1n) is 7.50.